The monoisotopic (exact) mass is 675 g/mol. The molecule has 2 bridgehead atoms. The Labute approximate surface area is 303 Å². The zero-order valence-corrected chi connectivity index (χ0v) is 33.9. The molecule has 2 aliphatic carbocycles. The van der Waals surface area contributed by atoms with Crippen molar-refractivity contribution < 1.29 is 0 Å². The topological polar surface area (TPSA) is 15.3 Å². The molecule has 270 valence electrons. The van der Waals surface area contributed by atoms with Gasteiger partial charge in [-0.05, 0) is 123 Å². The number of hydrogen-bond donors (Lipinski definition) is 1. The zero-order chi connectivity index (χ0) is 35.6. The first kappa shape index (κ1) is 42.0. The summed E-state index contributed by atoms with van der Waals surface area (Å²) in [6.07, 6.45) is 23.7. The fourth-order valence-electron chi connectivity index (χ4n) is 7.23. The van der Waals surface area contributed by atoms with Gasteiger partial charge in [0.2, 0.25) is 0 Å². The Kier molecular flexibility index (Phi) is 19.8. The number of rotatable bonds is 8. The van der Waals surface area contributed by atoms with Crippen molar-refractivity contribution >= 4 is 11.9 Å². The molecule has 48 heavy (non-hydrogen) atoms. The van der Waals surface area contributed by atoms with Gasteiger partial charge in [-0.1, -0.05) is 142 Å². The van der Waals surface area contributed by atoms with Crippen molar-refractivity contribution in [1.29, 1.82) is 0 Å². The van der Waals surface area contributed by atoms with E-state index >= 15 is 0 Å². The molecular weight excluding hydrogens is 601 g/mol. The van der Waals surface area contributed by atoms with Crippen LogP contribution in [0.2, 0.25) is 0 Å². The summed E-state index contributed by atoms with van der Waals surface area (Å²) < 4.78 is 3.68. The summed E-state index contributed by atoms with van der Waals surface area (Å²) in [5.74, 6) is 4.08. The number of allylic oxidation sites excluding steroid dienone is 6. The second kappa shape index (κ2) is 22.6. The summed E-state index contributed by atoms with van der Waals surface area (Å²) in [7, 11) is 0. The summed E-state index contributed by atoms with van der Waals surface area (Å²) in [5, 5.41) is 0.601. The van der Waals surface area contributed by atoms with Gasteiger partial charge in [-0.15, -0.1) is 0 Å². The SMILES string of the molecule is C=C1NS[C@@H](CCC)CC(C)/C=C/C(CC)C2CCC2CN(CC(C)CC)C2=C(C)C(C)C=CC1=C2.CC.CCCc1cccc(C)c1. The highest BCUT2D eigenvalue weighted by atomic mass is 32.2. The van der Waals surface area contributed by atoms with Gasteiger partial charge in [0.25, 0.3) is 0 Å². The third-order valence-electron chi connectivity index (χ3n) is 10.7. The molecule has 1 saturated carbocycles. The van der Waals surface area contributed by atoms with E-state index in [1.807, 2.05) is 25.8 Å². The lowest BCUT2D eigenvalue weighted by Crippen LogP contribution is -2.42. The molecule has 3 aliphatic rings. The maximum atomic E-state index is 4.50. The van der Waals surface area contributed by atoms with Gasteiger partial charge in [0.05, 0.1) is 0 Å². The van der Waals surface area contributed by atoms with Gasteiger partial charge in [0.15, 0.2) is 0 Å². The van der Waals surface area contributed by atoms with E-state index in [4.69, 9.17) is 0 Å². The van der Waals surface area contributed by atoms with E-state index in [0.29, 0.717) is 23.0 Å². The van der Waals surface area contributed by atoms with E-state index in [1.165, 1.54) is 92.3 Å². The number of fused-ring (bicyclic) bond motifs is 2. The Morgan fingerprint density at radius 2 is 1.75 bits per heavy atom. The molecule has 1 N–H and O–H groups in total. The van der Waals surface area contributed by atoms with Gasteiger partial charge in [0.1, 0.15) is 0 Å². The Morgan fingerprint density at radius 3 is 2.35 bits per heavy atom. The average molecular weight is 675 g/mol. The van der Waals surface area contributed by atoms with Crippen molar-refractivity contribution in [2.45, 2.75) is 139 Å². The smallest absolute Gasteiger partial charge is 0.0441 e. The van der Waals surface area contributed by atoms with Crippen LogP contribution in [0.4, 0.5) is 0 Å². The van der Waals surface area contributed by atoms with E-state index in [0.717, 1.165) is 30.0 Å². The van der Waals surface area contributed by atoms with Crippen molar-refractivity contribution in [3.8, 4) is 0 Å². The van der Waals surface area contributed by atoms with Crippen LogP contribution in [-0.4, -0.2) is 23.2 Å². The van der Waals surface area contributed by atoms with Crippen LogP contribution in [0.25, 0.3) is 0 Å². The summed E-state index contributed by atoms with van der Waals surface area (Å²) in [5.41, 5.74) is 8.04. The molecular formula is C45H74N2S. The minimum atomic E-state index is 0.438. The molecule has 0 amide bonds. The third kappa shape index (κ3) is 13.3. The van der Waals surface area contributed by atoms with Crippen molar-refractivity contribution in [1.82, 2.24) is 9.62 Å². The first-order valence-corrected chi connectivity index (χ1v) is 20.7. The second-order valence-electron chi connectivity index (χ2n) is 14.8. The summed E-state index contributed by atoms with van der Waals surface area (Å²) in [4.78, 5) is 2.76. The predicted molar refractivity (Wildman–Crippen MR) is 218 cm³/mol. The largest absolute Gasteiger partial charge is 0.371 e. The molecule has 0 aromatic heterocycles. The minimum absolute atomic E-state index is 0.438. The quantitative estimate of drug-likeness (QED) is 0.218. The zero-order valence-electron chi connectivity index (χ0n) is 33.1. The Bertz CT molecular complexity index is 1210. The van der Waals surface area contributed by atoms with E-state index in [-0.39, 0.29) is 0 Å². The maximum Gasteiger partial charge on any atom is 0.0441 e. The number of hydrogen-bond acceptors (Lipinski definition) is 3. The molecule has 1 aromatic rings. The fourth-order valence-corrected chi connectivity index (χ4v) is 8.41. The Balaban J connectivity index is 0.000000564. The highest BCUT2D eigenvalue weighted by molar-refractivity contribution is 7.98. The Morgan fingerprint density at radius 1 is 1.00 bits per heavy atom. The van der Waals surface area contributed by atoms with Gasteiger partial charge in [-0.3, -0.25) is 0 Å². The molecule has 6 unspecified atom stereocenters. The molecule has 3 heteroatoms. The standard InChI is InChI=1S/C33H54N2S.C10H14.C2H6/c1-9-12-31-19-24(5)13-15-28(11-3)32-18-17-30(32)22-35(21-23(4)10-2)33-20-29(27(8)34-36-31)16-14-25(6)26(33)7;1-3-5-10-7-4-6-9(2)8-10;1-2/h13-16,20,23-25,28,30-32,34H,8-12,17-19,21-22H2,1-7H3;4,6-8H,3,5H2,1-2H3;1-2H3/b15-13+;;/t23?,24?,25?,28?,30?,31-,32?;;/m0../s1. The molecule has 2 nitrogen and oxygen atoms in total. The fraction of sp³-hybridized carbons (Fsp3) is 0.644. The lowest BCUT2D eigenvalue weighted by atomic mass is 9.65. The van der Waals surface area contributed by atoms with Crippen LogP contribution < -0.4 is 4.72 Å². The summed E-state index contributed by atoms with van der Waals surface area (Å²) in [6, 6.07) is 8.71. The van der Waals surface area contributed by atoms with Crippen molar-refractivity contribution in [3.05, 3.63) is 94.9 Å². The van der Waals surface area contributed by atoms with Crippen molar-refractivity contribution in [2.75, 3.05) is 13.1 Å². The van der Waals surface area contributed by atoms with Gasteiger partial charge >= 0.3 is 0 Å². The maximum absolute atomic E-state index is 4.50. The number of aryl methyl sites for hydroxylation is 2. The van der Waals surface area contributed by atoms with Gasteiger partial charge in [-0.25, -0.2) is 0 Å². The summed E-state index contributed by atoms with van der Waals surface area (Å²) >= 11 is 1.89. The second-order valence-corrected chi connectivity index (χ2v) is 15.9. The van der Waals surface area contributed by atoms with Gasteiger partial charge in [0, 0.05) is 29.7 Å². The third-order valence-corrected chi connectivity index (χ3v) is 11.8. The molecule has 1 fully saturated rings. The molecule has 0 radical (unpaired) electrons. The first-order chi connectivity index (χ1) is 23.1. The molecule has 7 atom stereocenters. The van der Waals surface area contributed by atoms with E-state index in [9.17, 15) is 0 Å². The molecule has 0 saturated heterocycles. The number of benzene rings is 1. The van der Waals surface area contributed by atoms with Gasteiger partial charge in [-0.2, -0.15) is 0 Å². The number of nitrogens with zero attached hydrogens (tertiary/aromatic N) is 1. The van der Waals surface area contributed by atoms with Crippen molar-refractivity contribution in [2.24, 2.45) is 35.5 Å². The van der Waals surface area contributed by atoms with Crippen LogP contribution in [-0.2, 0) is 6.42 Å². The molecule has 0 spiro atoms. The van der Waals surface area contributed by atoms with Crippen LogP contribution in [0.5, 0.6) is 0 Å². The van der Waals surface area contributed by atoms with Crippen LogP contribution in [0.15, 0.2) is 83.8 Å². The molecule has 1 heterocycles. The van der Waals surface area contributed by atoms with Crippen LogP contribution in [0.1, 0.15) is 132 Å². The first-order valence-electron chi connectivity index (χ1n) is 19.8. The van der Waals surface area contributed by atoms with Gasteiger partial charge < -0.3 is 9.62 Å². The number of nitrogens with one attached hydrogen (secondary N) is 1. The summed E-state index contributed by atoms with van der Waals surface area (Å²) in [6.45, 7) is 31.7. The van der Waals surface area contributed by atoms with E-state index < -0.39 is 0 Å². The van der Waals surface area contributed by atoms with Crippen LogP contribution in [0.3, 0.4) is 0 Å². The molecule has 1 aliphatic heterocycles. The van der Waals surface area contributed by atoms with Crippen LogP contribution in [0, 0.1) is 42.4 Å². The Hall–Kier alpha value is -2.13. The van der Waals surface area contributed by atoms with Crippen molar-refractivity contribution in [3.63, 3.8) is 0 Å². The minimum Gasteiger partial charge on any atom is -0.371 e. The average Bonchev–Trinajstić information content (AvgIpc) is 3.21. The highest BCUT2D eigenvalue weighted by Gasteiger charge is 2.37. The molecule has 4 rings (SSSR count). The van der Waals surface area contributed by atoms with E-state index in [1.54, 1.807) is 0 Å². The van der Waals surface area contributed by atoms with Crippen LogP contribution >= 0.6 is 11.9 Å². The predicted octanol–water partition coefficient (Wildman–Crippen LogP) is 13.3. The van der Waals surface area contributed by atoms with E-state index in [2.05, 4.69) is 133 Å². The normalized spacial score (nSPS) is 27.4. The lowest BCUT2D eigenvalue weighted by Gasteiger charge is -2.45. The highest BCUT2D eigenvalue weighted by Crippen LogP contribution is 2.43. The molecule has 1 aromatic carbocycles. The lowest BCUT2D eigenvalue weighted by molar-refractivity contribution is 0.0855.